The zero-order chi connectivity index (χ0) is 19.4. The smallest absolute Gasteiger partial charge is 0.293 e. The van der Waals surface area contributed by atoms with Crippen molar-refractivity contribution in [3.63, 3.8) is 0 Å². The number of carbonyl (C=O) groups excluding carboxylic acids is 1. The van der Waals surface area contributed by atoms with E-state index in [0.29, 0.717) is 19.5 Å². The van der Waals surface area contributed by atoms with E-state index >= 15 is 0 Å². The van der Waals surface area contributed by atoms with Crippen LogP contribution in [-0.2, 0) is 31.9 Å². The van der Waals surface area contributed by atoms with Gasteiger partial charge in [-0.2, -0.15) is 5.10 Å². The quantitative estimate of drug-likeness (QED) is 0.619. The van der Waals surface area contributed by atoms with Crippen LogP contribution in [0, 0.1) is 0 Å². The predicted octanol–water partition coefficient (Wildman–Crippen LogP) is -0.0951. The highest BCUT2D eigenvalue weighted by Gasteiger charge is 2.27. The fraction of sp³-hybridized carbons (Fsp3) is 0.312. The van der Waals surface area contributed by atoms with Crippen LogP contribution in [0.25, 0.3) is 11.3 Å². The molecule has 11 heteroatoms. The van der Waals surface area contributed by atoms with E-state index in [9.17, 15) is 4.79 Å². The number of amides is 1. The molecular weight excluding hydrogens is 352 g/mol. The molecule has 3 aromatic heterocycles. The Balaban J connectivity index is 0.000000659. The van der Waals surface area contributed by atoms with Crippen molar-refractivity contribution in [3.05, 3.63) is 42.1 Å². The molecule has 0 spiro atoms. The van der Waals surface area contributed by atoms with Gasteiger partial charge in [0.05, 0.1) is 24.1 Å². The number of nitrogens with zero attached hydrogens (tertiary/aromatic N) is 8. The van der Waals surface area contributed by atoms with Crippen molar-refractivity contribution in [1.29, 1.82) is 0 Å². The van der Waals surface area contributed by atoms with Crippen molar-refractivity contribution in [1.82, 2.24) is 39.4 Å². The second-order valence-corrected chi connectivity index (χ2v) is 5.87. The van der Waals surface area contributed by atoms with E-state index in [-0.39, 0.29) is 18.2 Å². The lowest BCUT2D eigenvalue weighted by atomic mass is 10.0. The number of aromatic nitrogens is 7. The van der Waals surface area contributed by atoms with Gasteiger partial charge in [-0.3, -0.25) is 19.0 Å². The van der Waals surface area contributed by atoms with E-state index in [1.807, 2.05) is 13.2 Å². The van der Waals surface area contributed by atoms with Gasteiger partial charge in [0.2, 0.25) is 5.82 Å². The topological polar surface area (TPSA) is 132 Å². The van der Waals surface area contributed by atoms with E-state index < -0.39 is 0 Å². The third kappa shape index (κ3) is 3.81. The highest BCUT2D eigenvalue weighted by atomic mass is 16.3. The molecule has 1 aliphatic rings. The summed E-state index contributed by atoms with van der Waals surface area (Å²) < 4.78 is 3.25. The van der Waals surface area contributed by atoms with Crippen LogP contribution in [-0.4, -0.2) is 63.4 Å². The van der Waals surface area contributed by atoms with Gasteiger partial charge < -0.3 is 10.0 Å². The van der Waals surface area contributed by atoms with Crippen LogP contribution in [0.4, 0.5) is 0 Å². The molecule has 0 atom stereocenters. The lowest BCUT2D eigenvalue weighted by molar-refractivity contribution is -0.122. The summed E-state index contributed by atoms with van der Waals surface area (Å²) >= 11 is 0. The Bertz CT molecular complexity index is 964. The fourth-order valence-corrected chi connectivity index (χ4v) is 2.89. The Hall–Kier alpha value is -3.63. The first-order chi connectivity index (χ1) is 13.0. The summed E-state index contributed by atoms with van der Waals surface area (Å²) in [7, 11) is 3.60. The monoisotopic (exact) mass is 370 g/mol. The zero-order valence-electron chi connectivity index (χ0n) is 14.8. The van der Waals surface area contributed by atoms with Crippen LogP contribution in [0.1, 0.15) is 21.9 Å². The standard InChI is InChI=1S/C15H16N8O.CH2O2/c1-21-6-10(5-19-21)13-11-7-23(4-3-12(11)16-8-17-13)15(24)14-18-9-22(2)20-14;2-1-3/h5-6,8-9H,3-4,7H2,1-2H3;1H,(H,2,3). The van der Waals surface area contributed by atoms with Crippen molar-refractivity contribution < 1.29 is 14.7 Å². The SMILES string of the molecule is Cn1cc(-c2ncnc3c2CN(C(=O)c2ncn(C)n2)CC3)cn1.O=CO. The minimum absolute atomic E-state index is 0.178. The maximum absolute atomic E-state index is 12.6. The van der Waals surface area contributed by atoms with Gasteiger partial charge in [-0.1, -0.05) is 0 Å². The molecule has 0 bridgehead atoms. The van der Waals surface area contributed by atoms with Crippen molar-refractivity contribution in [2.45, 2.75) is 13.0 Å². The lowest BCUT2D eigenvalue weighted by Crippen LogP contribution is -2.37. The number of rotatable bonds is 2. The Morgan fingerprint density at radius 3 is 2.63 bits per heavy atom. The van der Waals surface area contributed by atoms with Crippen LogP contribution in [0.5, 0.6) is 0 Å². The predicted molar refractivity (Wildman–Crippen MR) is 92.4 cm³/mol. The molecule has 4 heterocycles. The summed E-state index contributed by atoms with van der Waals surface area (Å²) in [5.74, 6) is 0.0305. The van der Waals surface area contributed by atoms with E-state index in [0.717, 1.165) is 22.5 Å². The minimum atomic E-state index is -0.250. The van der Waals surface area contributed by atoms with Crippen LogP contribution >= 0.6 is 0 Å². The van der Waals surface area contributed by atoms with Gasteiger partial charge in [-0.05, 0) is 0 Å². The Morgan fingerprint density at radius 1 is 1.22 bits per heavy atom. The molecule has 27 heavy (non-hydrogen) atoms. The maximum atomic E-state index is 12.6. The zero-order valence-corrected chi connectivity index (χ0v) is 14.8. The molecule has 0 aliphatic carbocycles. The normalized spacial score (nSPS) is 12.7. The third-order valence-corrected chi connectivity index (χ3v) is 4.06. The van der Waals surface area contributed by atoms with E-state index in [4.69, 9.17) is 9.90 Å². The van der Waals surface area contributed by atoms with Gasteiger partial charge in [0.25, 0.3) is 12.4 Å². The Kier molecular flexibility index (Phi) is 5.20. The van der Waals surface area contributed by atoms with Crippen molar-refractivity contribution in [3.8, 4) is 11.3 Å². The molecule has 0 aromatic carbocycles. The van der Waals surface area contributed by atoms with Gasteiger partial charge in [0.1, 0.15) is 12.7 Å². The Morgan fingerprint density at radius 2 is 2.00 bits per heavy atom. The van der Waals surface area contributed by atoms with Crippen molar-refractivity contribution in [2.75, 3.05) is 6.54 Å². The largest absolute Gasteiger partial charge is 0.483 e. The summed E-state index contributed by atoms with van der Waals surface area (Å²) in [5, 5.41) is 15.2. The summed E-state index contributed by atoms with van der Waals surface area (Å²) in [6.45, 7) is 0.783. The van der Waals surface area contributed by atoms with Gasteiger partial charge in [-0.25, -0.2) is 15.0 Å². The first-order valence-electron chi connectivity index (χ1n) is 8.08. The second-order valence-electron chi connectivity index (χ2n) is 5.87. The molecule has 4 rings (SSSR count). The minimum Gasteiger partial charge on any atom is -0.483 e. The molecule has 1 aliphatic heterocycles. The van der Waals surface area contributed by atoms with Gasteiger partial charge >= 0.3 is 0 Å². The van der Waals surface area contributed by atoms with Crippen molar-refractivity contribution >= 4 is 12.4 Å². The molecule has 1 N–H and O–H groups in total. The third-order valence-electron chi connectivity index (χ3n) is 4.06. The van der Waals surface area contributed by atoms with Crippen LogP contribution < -0.4 is 0 Å². The molecule has 3 aromatic rings. The van der Waals surface area contributed by atoms with Crippen molar-refractivity contribution in [2.24, 2.45) is 14.1 Å². The highest BCUT2D eigenvalue weighted by molar-refractivity contribution is 5.90. The number of hydrogen-bond donors (Lipinski definition) is 1. The van der Waals surface area contributed by atoms with E-state index in [2.05, 4.69) is 25.1 Å². The average Bonchev–Trinajstić information content (AvgIpc) is 3.29. The molecular formula is C16H18N8O3. The van der Waals surface area contributed by atoms with Gasteiger partial charge in [0, 0.05) is 44.4 Å². The molecule has 0 unspecified atom stereocenters. The number of carbonyl (C=O) groups is 2. The summed E-state index contributed by atoms with van der Waals surface area (Å²) in [5.41, 5.74) is 3.67. The number of aryl methyl sites for hydroxylation is 2. The van der Waals surface area contributed by atoms with Crippen LogP contribution in [0.3, 0.4) is 0 Å². The maximum Gasteiger partial charge on any atom is 0.293 e. The van der Waals surface area contributed by atoms with Crippen LogP contribution in [0.2, 0.25) is 0 Å². The summed E-state index contributed by atoms with van der Waals surface area (Å²) in [6.07, 6.45) is 7.45. The molecule has 140 valence electrons. The molecule has 11 nitrogen and oxygen atoms in total. The van der Waals surface area contributed by atoms with Gasteiger partial charge in [0.15, 0.2) is 0 Å². The van der Waals surface area contributed by atoms with E-state index in [1.165, 1.54) is 11.0 Å². The first-order valence-corrected chi connectivity index (χ1v) is 8.08. The molecule has 0 saturated carbocycles. The molecule has 0 saturated heterocycles. The Labute approximate surface area is 154 Å². The summed E-state index contributed by atoms with van der Waals surface area (Å²) in [6, 6.07) is 0. The summed E-state index contributed by atoms with van der Waals surface area (Å²) in [4.78, 5) is 35.5. The number of carboxylic acid groups (broad SMARTS) is 1. The molecule has 0 radical (unpaired) electrons. The number of hydrogen-bond acceptors (Lipinski definition) is 7. The van der Waals surface area contributed by atoms with Gasteiger partial charge in [-0.15, -0.1) is 5.10 Å². The highest BCUT2D eigenvalue weighted by Crippen LogP contribution is 2.27. The van der Waals surface area contributed by atoms with E-state index in [1.54, 1.807) is 29.2 Å². The second kappa shape index (κ2) is 7.72. The first kappa shape index (κ1) is 18.2. The fourth-order valence-electron chi connectivity index (χ4n) is 2.89. The molecule has 0 fully saturated rings. The number of fused-ring (bicyclic) bond motifs is 1. The lowest BCUT2D eigenvalue weighted by Gasteiger charge is -2.28. The molecule has 1 amide bonds. The average molecular weight is 370 g/mol. The van der Waals surface area contributed by atoms with Crippen LogP contribution in [0.15, 0.2) is 25.0 Å².